The number of rotatable bonds is 2. The molecule has 1 N–H and O–H groups in total. The number of hydrogen-bond donors (Lipinski definition) is 1. The first-order valence-corrected chi connectivity index (χ1v) is 5.80. The molecule has 0 aliphatic carbocycles. The Labute approximate surface area is 117 Å². The third-order valence-electron chi connectivity index (χ3n) is 2.22. The lowest BCUT2D eigenvalue weighted by Gasteiger charge is -2.06. The lowest BCUT2D eigenvalue weighted by molar-refractivity contribution is 0.102. The van der Waals surface area contributed by atoms with Gasteiger partial charge in [0.1, 0.15) is 17.5 Å². The van der Waals surface area contributed by atoms with Crippen molar-refractivity contribution in [3.63, 3.8) is 0 Å². The minimum Gasteiger partial charge on any atom is -0.306 e. The quantitative estimate of drug-likeness (QED) is 0.854. The Balaban J connectivity index is 2.28. The zero-order valence-electron chi connectivity index (χ0n) is 9.25. The maximum Gasteiger partial charge on any atom is 0.259 e. The molecule has 3 nitrogen and oxygen atoms in total. The SMILES string of the molecule is O=C(Nc1cc(Cl)ccn1)c1cc(F)c(Cl)cc1F. The molecule has 0 saturated carbocycles. The summed E-state index contributed by atoms with van der Waals surface area (Å²) in [5.41, 5.74) is -0.469. The first kappa shape index (κ1) is 13.7. The third-order valence-corrected chi connectivity index (χ3v) is 2.74. The number of pyridine rings is 1. The van der Waals surface area contributed by atoms with Gasteiger partial charge in [-0.05, 0) is 24.3 Å². The Hall–Kier alpha value is -1.72. The molecule has 0 atom stereocenters. The van der Waals surface area contributed by atoms with Gasteiger partial charge in [0.2, 0.25) is 0 Å². The van der Waals surface area contributed by atoms with Crippen LogP contribution in [0, 0.1) is 11.6 Å². The summed E-state index contributed by atoms with van der Waals surface area (Å²) < 4.78 is 26.7. The number of aromatic nitrogens is 1. The number of nitrogens with one attached hydrogen (secondary N) is 1. The van der Waals surface area contributed by atoms with Crippen molar-refractivity contribution >= 4 is 34.9 Å². The molecule has 0 bridgehead atoms. The van der Waals surface area contributed by atoms with E-state index in [0.717, 1.165) is 12.1 Å². The molecular weight excluding hydrogens is 297 g/mol. The van der Waals surface area contributed by atoms with Crippen molar-refractivity contribution in [3.05, 3.63) is 57.7 Å². The van der Waals surface area contributed by atoms with Crippen LogP contribution in [0.15, 0.2) is 30.5 Å². The van der Waals surface area contributed by atoms with Gasteiger partial charge in [0.05, 0.1) is 10.6 Å². The molecule has 0 saturated heterocycles. The number of nitrogens with zero attached hydrogens (tertiary/aromatic N) is 1. The van der Waals surface area contributed by atoms with Crippen LogP contribution in [0.3, 0.4) is 0 Å². The van der Waals surface area contributed by atoms with Gasteiger partial charge < -0.3 is 5.32 Å². The fourth-order valence-electron chi connectivity index (χ4n) is 1.35. The largest absolute Gasteiger partial charge is 0.306 e. The number of benzene rings is 1. The smallest absolute Gasteiger partial charge is 0.259 e. The van der Waals surface area contributed by atoms with Crippen molar-refractivity contribution < 1.29 is 13.6 Å². The molecule has 1 aromatic carbocycles. The molecule has 0 aliphatic rings. The number of anilines is 1. The van der Waals surface area contributed by atoms with Gasteiger partial charge in [0, 0.05) is 11.2 Å². The fraction of sp³-hybridized carbons (Fsp3) is 0. The van der Waals surface area contributed by atoms with Crippen LogP contribution < -0.4 is 5.32 Å². The fourth-order valence-corrected chi connectivity index (χ4v) is 1.66. The minimum absolute atomic E-state index is 0.132. The van der Waals surface area contributed by atoms with Crippen LogP contribution in [0.2, 0.25) is 10.0 Å². The Kier molecular flexibility index (Phi) is 3.97. The Morgan fingerprint density at radius 3 is 2.58 bits per heavy atom. The molecule has 98 valence electrons. The molecule has 0 radical (unpaired) electrons. The number of hydrogen-bond acceptors (Lipinski definition) is 2. The second-order valence-corrected chi connectivity index (χ2v) is 4.40. The molecule has 0 spiro atoms. The van der Waals surface area contributed by atoms with Gasteiger partial charge in [0.15, 0.2) is 0 Å². The van der Waals surface area contributed by atoms with Crippen molar-refractivity contribution in [2.45, 2.75) is 0 Å². The zero-order valence-corrected chi connectivity index (χ0v) is 10.8. The van der Waals surface area contributed by atoms with E-state index in [1.807, 2.05) is 0 Å². The molecule has 2 rings (SSSR count). The molecule has 1 heterocycles. The van der Waals surface area contributed by atoms with Gasteiger partial charge in [-0.1, -0.05) is 23.2 Å². The highest BCUT2D eigenvalue weighted by molar-refractivity contribution is 6.31. The molecule has 19 heavy (non-hydrogen) atoms. The predicted octanol–water partition coefficient (Wildman–Crippen LogP) is 3.92. The van der Waals surface area contributed by atoms with E-state index in [1.54, 1.807) is 0 Å². The van der Waals surface area contributed by atoms with Crippen LogP contribution in [0.25, 0.3) is 0 Å². The summed E-state index contributed by atoms with van der Waals surface area (Å²) >= 11 is 11.1. The van der Waals surface area contributed by atoms with E-state index >= 15 is 0 Å². The molecule has 2 aromatic rings. The lowest BCUT2D eigenvalue weighted by Crippen LogP contribution is -2.15. The first-order valence-electron chi connectivity index (χ1n) is 5.05. The van der Waals surface area contributed by atoms with E-state index in [1.165, 1.54) is 18.3 Å². The van der Waals surface area contributed by atoms with Crippen LogP contribution in [0.5, 0.6) is 0 Å². The average molecular weight is 303 g/mol. The topological polar surface area (TPSA) is 42.0 Å². The first-order chi connectivity index (χ1) is 8.97. The number of carbonyl (C=O) groups excluding carboxylic acids is 1. The average Bonchev–Trinajstić information content (AvgIpc) is 2.33. The van der Waals surface area contributed by atoms with Crippen molar-refractivity contribution in [1.29, 1.82) is 0 Å². The van der Waals surface area contributed by atoms with Gasteiger partial charge in [-0.25, -0.2) is 13.8 Å². The van der Waals surface area contributed by atoms with Gasteiger partial charge >= 0.3 is 0 Å². The van der Waals surface area contributed by atoms with E-state index in [2.05, 4.69) is 10.3 Å². The standard InChI is InChI=1S/C12H6Cl2F2N2O/c13-6-1-2-17-11(3-6)18-12(19)7-4-10(16)8(14)5-9(7)15/h1-5H,(H,17,18,19). The number of amides is 1. The summed E-state index contributed by atoms with van der Waals surface area (Å²) in [5, 5.41) is 2.26. The highest BCUT2D eigenvalue weighted by atomic mass is 35.5. The predicted molar refractivity (Wildman–Crippen MR) is 68.6 cm³/mol. The van der Waals surface area contributed by atoms with Crippen molar-refractivity contribution in [2.75, 3.05) is 5.32 Å². The molecule has 7 heteroatoms. The summed E-state index contributed by atoms with van der Waals surface area (Å²) in [6.07, 6.45) is 1.37. The highest BCUT2D eigenvalue weighted by Crippen LogP contribution is 2.20. The Morgan fingerprint density at radius 1 is 1.16 bits per heavy atom. The third kappa shape index (κ3) is 3.19. The lowest BCUT2D eigenvalue weighted by atomic mass is 10.2. The van der Waals surface area contributed by atoms with Gasteiger partial charge in [-0.2, -0.15) is 0 Å². The normalized spacial score (nSPS) is 10.3. The van der Waals surface area contributed by atoms with E-state index in [9.17, 15) is 13.6 Å². The van der Waals surface area contributed by atoms with Crippen LogP contribution in [0.4, 0.5) is 14.6 Å². The number of halogens is 4. The Bertz CT molecular complexity index is 650. The van der Waals surface area contributed by atoms with Crippen molar-refractivity contribution in [1.82, 2.24) is 4.98 Å². The molecule has 0 unspecified atom stereocenters. The second kappa shape index (κ2) is 5.50. The molecule has 1 amide bonds. The summed E-state index contributed by atoms with van der Waals surface area (Å²) in [7, 11) is 0. The van der Waals surface area contributed by atoms with Crippen LogP contribution in [-0.4, -0.2) is 10.9 Å². The highest BCUT2D eigenvalue weighted by Gasteiger charge is 2.16. The summed E-state index contributed by atoms with van der Waals surface area (Å²) in [5.74, 6) is -2.52. The van der Waals surface area contributed by atoms with Crippen LogP contribution in [0.1, 0.15) is 10.4 Å². The maximum atomic E-state index is 13.5. The van der Waals surface area contributed by atoms with E-state index < -0.39 is 28.1 Å². The monoisotopic (exact) mass is 302 g/mol. The Morgan fingerprint density at radius 2 is 1.89 bits per heavy atom. The zero-order chi connectivity index (χ0) is 14.0. The van der Waals surface area contributed by atoms with Crippen molar-refractivity contribution in [3.8, 4) is 0 Å². The van der Waals surface area contributed by atoms with Crippen molar-refractivity contribution in [2.24, 2.45) is 0 Å². The molecular formula is C12H6Cl2F2N2O. The summed E-state index contributed by atoms with van der Waals surface area (Å²) in [6, 6.07) is 4.35. The van der Waals surface area contributed by atoms with Crippen LogP contribution in [-0.2, 0) is 0 Å². The summed E-state index contributed by atoms with van der Waals surface area (Å²) in [6.45, 7) is 0. The van der Waals surface area contributed by atoms with Crippen LogP contribution >= 0.6 is 23.2 Å². The second-order valence-electron chi connectivity index (χ2n) is 3.56. The number of carbonyl (C=O) groups is 1. The van der Waals surface area contributed by atoms with E-state index in [-0.39, 0.29) is 5.82 Å². The van der Waals surface area contributed by atoms with Gasteiger partial charge in [-0.15, -0.1) is 0 Å². The van der Waals surface area contributed by atoms with Gasteiger partial charge in [0.25, 0.3) is 5.91 Å². The molecule has 1 aromatic heterocycles. The molecule has 0 aliphatic heterocycles. The van der Waals surface area contributed by atoms with Gasteiger partial charge in [-0.3, -0.25) is 4.79 Å². The minimum atomic E-state index is -0.925. The maximum absolute atomic E-state index is 13.5. The van der Waals surface area contributed by atoms with E-state index in [0.29, 0.717) is 5.02 Å². The van der Waals surface area contributed by atoms with E-state index in [4.69, 9.17) is 23.2 Å². The summed E-state index contributed by atoms with van der Waals surface area (Å²) in [4.78, 5) is 15.6. The molecule has 0 fully saturated rings.